The highest BCUT2D eigenvalue weighted by Gasteiger charge is 2.29. The quantitative estimate of drug-likeness (QED) is 0.754. The molecule has 1 heterocycles. The first-order valence-corrected chi connectivity index (χ1v) is 7.54. The monoisotopic (exact) mass is 287 g/mol. The summed E-state index contributed by atoms with van der Waals surface area (Å²) in [4.78, 5) is 14.2. The highest BCUT2D eigenvalue weighted by atomic mass is 16.6. The maximum atomic E-state index is 12.5. The standard InChI is InChI=1S/C18H25NO2/c1-13-6-9-15(10-7-13)16-11-8-14(2)12-19(16)17(20)21-18(3,4)5/h6-7,9-11,14H,8,12H2,1-5H3. The largest absolute Gasteiger partial charge is 0.443 e. The molecule has 1 aromatic carbocycles. The summed E-state index contributed by atoms with van der Waals surface area (Å²) in [5.41, 5.74) is 2.77. The van der Waals surface area contributed by atoms with E-state index in [4.69, 9.17) is 4.74 Å². The maximum absolute atomic E-state index is 12.5. The molecule has 0 bridgehead atoms. The molecule has 1 unspecified atom stereocenters. The molecular weight excluding hydrogens is 262 g/mol. The zero-order valence-electron chi connectivity index (χ0n) is 13.6. The van der Waals surface area contributed by atoms with Crippen LogP contribution in [0.4, 0.5) is 4.79 Å². The Morgan fingerprint density at radius 2 is 1.86 bits per heavy atom. The minimum atomic E-state index is -0.476. The lowest BCUT2D eigenvalue weighted by atomic mass is 9.98. The lowest BCUT2D eigenvalue weighted by molar-refractivity contribution is 0.0327. The van der Waals surface area contributed by atoms with Gasteiger partial charge in [0.25, 0.3) is 0 Å². The van der Waals surface area contributed by atoms with E-state index in [1.54, 1.807) is 4.90 Å². The second-order valence-electron chi connectivity index (χ2n) is 6.89. The van der Waals surface area contributed by atoms with Gasteiger partial charge in [-0.3, -0.25) is 4.90 Å². The van der Waals surface area contributed by atoms with Gasteiger partial charge in [-0.1, -0.05) is 42.8 Å². The Morgan fingerprint density at radius 3 is 2.43 bits per heavy atom. The third kappa shape index (κ3) is 4.10. The van der Waals surface area contributed by atoms with Crippen molar-refractivity contribution in [2.75, 3.05) is 6.54 Å². The summed E-state index contributed by atoms with van der Waals surface area (Å²) in [6, 6.07) is 8.27. The number of aryl methyl sites for hydroxylation is 1. The molecular formula is C18H25NO2. The smallest absolute Gasteiger partial charge is 0.414 e. The van der Waals surface area contributed by atoms with Gasteiger partial charge in [0.1, 0.15) is 5.60 Å². The van der Waals surface area contributed by atoms with Crippen molar-refractivity contribution in [3.63, 3.8) is 0 Å². The van der Waals surface area contributed by atoms with E-state index in [2.05, 4.69) is 44.2 Å². The van der Waals surface area contributed by atoms with Crippen LogP contribution in [0, 0.1) is 12.8 Å². The highest BCUT2D eigenvalue weighted by Crippen LogP contribution is 2.29. The van der Waals surface area contributed by atoms with Crippen molar-refractivity contribution < 1.29 is 9.53 Å². The topological polar surface area (TPSA) is 29.5 Å². The molecule has 1 aromatic rings. The zero-order valence-corrected chi connectivity index (χ0v) is 13.6. The molecule has 1 amide bonds. The van der Waals surface area contributed by atoms with Gasteiger partial charge in [-0.15, -0.1) is 0 Å². The third-order valence-corrected chi connectivity index (χ3v) is 3.46. The lowest BCUT2D eigenvalue weighted by Crippen LogP contribution is -2.39. The molecule has 0 N–H and O–H groups in total. The van der Waals surface area contributed by atoms with Crippen molar-refractivity contribution in [1.29, 1.82) is 0 Å². The Morgan fingerprint density at radius 1 is 1.24 bits per heavy atom. The average Bonchev–Trinajstić information content (AvgIpc) is 2.38. The number of ether oxygens (including phenoxy) is 1. The highest BCUT2D eigenvalue weighted by molar-refractivity contribution is 5.83. The van der Waals surface area contributed by atoms with Gasteiger partial charge in [0.2, 0.25) is 0 Å². The molecule has 21 heavy (non-hydrogen) atoms. The van der Waals surface area contributed by atoms with Crippen molar-refractivity contribution >= 4 is 11.8 Å². The maximum Gasteiger partial charge on any atom is 0.414 e. The average molecular weight is 287 g/mol. The normalized spacial score (nSPS) is 19.2. The summed E-state index contributed by atoms with van der Waals surface area (Å²) in [5.74, 6) is 0.451. The Bertz CT molecular complexity index is 537. The van der Waals surface area contributed by atoms with Gasteiger partial charge in [-0.2, -0.15) is 0 Å². The number of amides is 1. The SMILES string of the molecule is Cc1ccc(C2=CCC(C)CN2C(=O)OC(C)(C)C)cc1. The van der Waals surface area contributed by atoms with Crippen LogP contribution in [0.1, 0.15) is 45.2 Å². The van der Waals surface area contributed by atoms with Crippen LogP contribution in [-0.2, 0) is 4.74 Å². The molecule has 0 saturated heterocycles. The van der Waals surface area contributed by atoms with Crippen LogP contribution in [0.2, 0.25) is 0 Å². The predicted molar refractivity (Wildman–Crippen MR) is 85.9 cm³/mol. The fraction of sp³-hybridized carbons (Fsp3) is 0.500. The summed E-state index contributed by atoms with van der Waals surface area (Å²) >= 11 is 0. The van der Waals surface area contributed by atoms with E-state index < -0.39 is 5.60 Å². The van der Waals surface area contributed by atoms with E-state index in [0.29, 0.717) is 12.5 Å². The molecule has 1 aliphatic heterocycles. The van der Waals surface area contributed by atoms with Gasteiger partial charge in [0, 0.05) is 6.54 Å². The molecule has 0 saturated carbocycles. The van der Waals surface area contributed by atoms with E-state index in [0.717, 1.165) is 17.7 Å². The molecule has 0 aromatic heterocycles. The fourth-order valence-corrected chi connectivity index (χ4v) is 2.40. The Kier molecular flexibility index (Phi) is 4.40. The van der Waals surface area contributed by atoms with Crippen LogP contribution in [0.25, 0.3) is 5.70 Å². The minimum absolute atomic E-state index is 0.263. The number of rotatable bonds is 1. The number of allylic oxidation sites excluding steroid dienone is 1. The first-order valence-electron chi connectivity index (χ1n) is 7.54. The predicted octanol–water partition coefficient (Wildman–Crippen LogP) is 4.61. The summed E-state index contributed by atoms with van der Waals surface area (Å²) in [6.07, 6.45) is 2.87. The molecule has 2 rings (SSSR count). The van der Waals surface area contributed by atoms with Gasteiger partial charge < -0.3 is 4.74 Å². The summed E-state index contributed by atoms with van der Waals surface area (Å²) < 4.78 is 5.55. The summed E-state index contributed by atoms with van der Waals surface area (Å²) in [6.45, 7) is 10.6. The van der Waals surface area contributed by atoms with Crippen molar-refractivity contribution in [2.24, 2.45) is 5.92 Å². The van der Waals surface area contributed by atoms with Gasteiger partial charge in [0.05, 0.1) is 5.70 Å². The van der Waals surface area contributed by atoms with E-state index in [-0.39, 0.29) is 6.09 Å². The second kappa shape index (κ2) is 5.92. The van der Waals surface area contributed by atoms with Crippen LogP contribution in [0.5, 0.6) is 0 Å². The van der Waals surface area contributed by atoms with Crippen LogP contribution in [0.15, 0.2) is 30.3 Å². The second-order valence-corrected chi connectivity index (χ2v) is 6.89. The van der Waals surface area contributed by atoms with Crippen LogP contribution in [0.3, 0.4) is 0 Å². The number of carbonyl (C=O) groups excluding carboxylic acids is 1. The van der Waals surface area contributed by atoms with Crippen LogP contribution < -0.4 is 0 Å². The fourth-order valence-electron chi connectivity index (χ4n) is 2.40. The molecule has 0 spiro atoms. The number of hydrogen-bond donors (Lipinski definition) is 0. The number of carbonyl (C=O) groups is 1. The van der Waals surface area contributed by atoms with E-state index in [1.165, 1.54) is 5.56 Å². The van der Waals surface area contributed by atoms with Gasteiger partial charge in [-0.05, 0) is 45.6 Å². The Labute approximate surface area is 127 Å². The minimum Gasteiger partial charge on any atom is -0.443 e. The van der Waals surface area contributed by atoms with Gasteiger partial charge >= 0.3 is 6.09 Å². The van der Waals surface area contributed by atoms with Crippen molar-refractivity contribution in [3.05, 3.63) is 41.5 Å². The summed E-state index contributed by atoms with van der Waals surface area (Å²) in [5, 5.41) is 0. The summed E-state index contributed by atoms with van der Waals surface area (Å²) in [7, 11) is 0. The third-order valence-electron chi connectivity index (χ3n) is 3.46. The van der Waals surface area contributed by atoms with Crippen LogP contribution in [-0.4, -0.2) is 23.1 Å². The first-order chi connectivity index (χ1) is 9.76. The molecule has 0 aliphatic carbocycles. The van der Waals surface area contributed by atoms with E-state index in [1.807, 2.05) is 20.8 Å². The number of hydrogen-bond acceptors (Lipinski definition) is 2. The number of nitrogens with zero attached hydrogens (tertiary/aromatic N) is 1. The molecule has 3 nitrogen and oxygen atoms in total. The zero-order chi connectivity index (χ0) is 15.6. The van der Waals surface area contributed by atoms with E-state index >= 15 is 0 Å². The Hall–Kier alpha value is -1.77. The molecule has 0 fully saturated rings. The van der Waals surface area contributed by atoms with Crippen molar-refractivity contribution in [3.8, 4) is 0 Å². The molecule has 3 heteroatoms. The van der Waals surface area contributed by atoms with Crippen molar-refractivity contribution in [1.82, 2.24) is 4.90 Å². The van der Waals surface area contributed by atoms with E-state index in [9.17, 15) is 4.79 Å². The Balaban J connectivity index is 2.28. The molecule has 1 atom stereocenters. The van der Waals surface area contributed by atoms with Crippen molar-refractivity contribution in [2.45, 2.75) is 46.6 Å². The molecule has 114 valence electrons. The molecule has 1 aliphatic rings. The lowest BCUT2D eigenvalue weighted by Gasteiger charge is -2.34. The number of benzene rings is 1. The van der Waals surface area contributed by atoms with Gasteiger partial charge in [-0.25, -0.2) is 4.79 Å². The van der Waals surface area contributed by atoms with Gasteiger partial charge in [0.15, 0.2) is 0 Å². The first kappa shape index (κ1) is 15.6. The molecule has 0 radical (unpaired) electrons. The van der Waals surface area contributed by atoms with Crippen LogP contribution >= 0.6 is 0 Å².